The van der Waals surface area contributed by atoms with Crippen LogP contribution >= 0.6 is 0 Å². The molecule has 9 nitrogen and oxygen atoms in total. The van der Waals surface area contributed by atoms with Crippen LogP contribution in [-0.2, 0) is 16.1 Å². The molecule has 1 heterocycles. The van der Waals surface area contributed by atoms with Gasteiger partial charge in [-0.2, -0.15) is 13.2 Å². The second kappa shape index (κ2) is 9.70. The second-order valence-electron chi connectivity index (χ2n) is 4.67. The highest BCUT2D eigenvalue weighted by Crippen LogP contribution is 2.13. The van der Waals surface area contributed by atoms with Gasteiger partial charge in [0.25, 0.3) is 5.69 Å². The molecule has 144 valence electrons. The molecule has 2 aromatic rings. The van der Waals surface area contributed by atoms with Crippen molar-refractivity contribution in [3.63, 3.8) is 0 Å². The molecular weight excluding hydrogens is 375 g/mol. The predicted molar refractivity (Wildman–Crippen MR) is 84.8 cm³/mol. The third-order valence-corrected chi connectivity index (χ3v) is 2.67. The van der Waals surface area contributed by atoms with E-state index in [1.54, 1.807) is 18.3 Å². The van der Waals surface area contributed by atoms with Gasteiger partial charge in [0.1, 0.15) is 6.61 Å². The molecule has 0 bridgehead atoms. The maximum absolute atomic E-state index is 11.5. The summed E-state index contributed by atoms with van der Waals surface area (Å²) >= 11 is 0. The van der Waals surface area contributed by atoms with Gasteiger partial charge in [-0.05, 0) is 29.8 Å². The van der Waals surface area contributed by atoms with Crippen molar-refractivity contribution < 1.29 is 37.5 Å². The number of carbonyl (C=O) groups excluding carboxylic acids is 1. The lowest BCUT2D eigenvalue weighted by molar-refractivity contribution is -0.384. The van der Waals surface area contributed by atoms with Crippen LogP contribution in [0, 0.1) is 10.1 Å². The number of aromatic nitrogens is 1. The van der Waals surface area contributed by atoms with Crippen molar-refractivity contribution in [2.24, 2.45) is 0 Å². The van der Waals surface area contributed by atoms with E-state index in [1.807, 2.05) is 0 Å². The van der Waals surface area contributed by atoms with Crippen LogP contribution in [0.5, 0.6) is 0 Å². The number of nitro groups is 1. The Kier molecular flexibility index (Phi) is 7.67. The van der Waals surface area contributed by atoms with Crippen LogP contribution in [0.2, 0.25) is 0 Å². The van der Waals surface area contributed by atoms with Gasteiger partial charge in [0.15, 0.2) is 0 Å². The number of nitrogens with zero attached hydrogens (tertiary/aromatic N) is 2. The number of anilines is 1. The summed E-state index contributed by atoms with van der Waals surface area (Å²) in [6, 6.07) is 9.16. The molecule has 2 rings (SSSR count). The monoisotopic (exact) mass is 387 g/mol. The van der Waals surface area contributed by atoms with E-state index >= 15 is 0 Å². The zero-order chi connectivity index (χ0) is 20.4. The number of hydrogen-bond acceptors (Lipinski definition) is 6. The number of nitrogens with one attached hydrogen (secondary N) is 1. The van der Waals surface area contributed by atoms with Gasteiger partial charge in [0, 0.05) is 18.3 Å². The molecule has 0 aliphatic carbocycles. The standard InChI is InChI=1S/C13H11N3O4.C2HF3O2/c17-13(15-11-2-1-7-14-8-11)20-9-10-3-5-12(6-4-10)16(18)19;3-2(4,5)1(6)7/h1-8H,9H2,(H,15,17);(H,6,7). The molecule has 1 aromatic carbocycles. The summed E-state index contributed by atoms with van der Waals surface area (Å²) in [5.41, 5.74) is 1.19. The molecule has 0 aliphatic heterocycles. The summed E-state index contributed by atoms with van der Waals surface area (Å²) in [6.07, 6.45) is -2.61. The number of amides is 1. The van der Waals surface area contributed by atoms with Gasteiger partial charge in [-0.1, -0.05) is 0 Å². The van der Waals surface area contributed by atoms with Crippen LogP contribution in [0.25, 0.3) is 0 Å². The first-order valence-electron chi connectivity index (χ1n) is 6.97. The van der Waals surface area contributed by atoms with Crippen molar-refractivity contribution in [3.05, 3.63) is 64.5 Å². The Labute approximate surface area is 149 Å². The molecule has 0 aliphatic rings. The summed E-state index contributed by atoms with van der Waals surface area (Å²) in [5.74, 6) is -2.76. The summed E-state index contributed by atoms with van der Waals surface area (Å²) in [7, 11) is 0. The molecule has 1 amide bonds. The van der Waals surface area contributed by atoms with Gasteiger partial charge in [-0.15, -0.1) is 0 Å². The Morgan fingerprint density at radius 2 is 1.81 bits per heavy atom. The van der Waals surface area contributed by atoms with E-state index in [9.17, 15) is 28.1 Å². The molecule has 0 radical (unpaired) electrons. The highest BCUT2D eigenvalue weighted by Gasteiger charge is 2.38. The Morgan fingerprint density at radius 3 is 2.26 bits per heavy atom. The quantitative estimate of drug-likeness (QED) is 0.607. The topological polar surface area (TPSA) is 132 Å². The summed E-state index contributed by atoms with van der Waals surface area (Å²) in [5, 5.41) is 20.1. The number of ether oxygens (including phenoxy) is 1. The highest BCUT2D eigenvalue weighted by molar-refractivity contribution is 5.84. The molecule has 0 fully saturated rings. The van der Waals surface area contributed by atoms with Crippen LogP contribution in [0.1, 0.15) is 5.56 Å². The lowest BCUT2D eigenvalue weighted by atomic mass is 10.2. The first-order valence-corrected chi connectivity index (χ1v) is 6.97. The maximum atomic E-state index is 11.5. The molecule has 0 saturated heterocycles. The minimum Gasteiger partial charge on any atom is -0.475 e. The third-order valence-electron chi connectivity index (χ3n) is 2.67. The van der Waals surface area contributed by atoms with E-state index < -0.39 is 23.2 Å². The minimum absolute atomic E-state index is 0.00596. The van der Waals surface area contributed by atoms with Crippen molar-refractivity contribution in [2.45, 2.75) is 12.8 Å². The van der Waals surface area contributed by atoms with Crippen molar-refractivity contribution in [1.82, 2.24) is 4.98 Å². The fourth-order valence-corrected chi connectivity index (χ4v) is 1.45. The molecule has 2 N–H and O–H groups in total. The van der Waals surface area contributed by atoms with Gasteiger partial charge in [-0.3, -0.25) is 20.4 Å². The van der Waals surface area contributed by atoms with Crippen LogP contribution in [0.15, 0.2) is 48.8 Å². The molecule has 0 atom stereocenters. The average molecular weight is 387 g/mol. The number of rotatable bonds is 4. The molecule has 1 aromatic heterocycles. The zero-order valence-corrected chi connectivity index (χ0v) is 13.3. The second-order valence-corrected chi connectivity index (χ2v) is 4.67. The van der Waals surface area contributed by atoms with Crippen LogP contribution in [0.4, 0.5) is 29.3 Å². The molecule has 12 heteroatoms. The van der Waals surface area contributed by atoms with Crippen LogP contribution in [-0.4, -0.2) is 33.3 Å². The number of carboxylic acids is 1. The van der Waals surface area contributed by atoms with Gasteiger partial charge >= 0.3 is 18.2 Å². The molecule has 0 spiro atoms. The Bertz CT molecular complexity index is 782. The average Bonchev–Trinajstić information content (AvgIpc) is 2.61. The van der Waals surface area contributed by atoms with Crippen LogP contribution in [0.3, 0.4) is 0 Å². The SMILES string of the molecule is O=C(Nc1cccnc1)OCc1ccc([N+](=O)[O-])cc1.O=C(O)C(F)(F)F. The third kappa shape index (κ3) is 8.29. The van der Waals surface area contributed by atoms with Crippen molar-refractivity contribution >= 4 is 23.4 Å². The summed E-state index contributed by atoms with van der Waals surface area (Å²) < 4.78 is 36.7. The number of carbonyl (C=O) groups is 2. The number of nitro benzene ring substituents is 1. The number of non-ortho nitro benzene ring substituents is 1. The number of carboxylic acid groups (broad SMARTS) is 1. The van der Waals surface area contributed by atoms with Crippen molar-refractivity contribution in [1.29, 1.82) is 0 Å². The smallest absolute Gasteiger partial charge is 0.475 e. The van der Waals surface area contributed by atoms with Gasteiger partial charge < -0.3 is 9.84 Å². The molecular formula is C15H12F3N3O6. The zero-order valence-electron chi connectivity index (χ0n) is 13.3. The lowest BCUT2D eigenvalue weighted by Gasteiger charge is -2.06. The number of halogens is 3. The van der Waals surface area contributed by atoms with Crippen molar-refractivity contribution in [2.75, 3.05) is 5.32 Å². The van der Waals surface area contributed by atoms with E-state index in [-0.39, 0.29) is 12.3 Å². The molecule has 0 saturated carbocycles. The number of hydrogen-bond donors (Lipinski definition) is 2. The van der Waals surface area contributed by atoms with E-state index in [0.29, 0.717) is 11.3 Å². The van der Waals surface area contributed by atoms with Gasteiger partial charge in [-0.25, -0.2) is 9.59 Å². The first kappa shape index (κ1) is 21.3. The predicted octanol–water partition coefficient (Wildman–Crippen LogP) is 3.37. The number of alkyl halides is 3. The first-order chi connectivity index (χ1) is 12.6. The Morgan fingerprint density at radius 1 is 1.22 bits per heavy atom. The van der Waals surface area contributed by atoms with Crippen LogP contribution < -0.4 is 5.32 Å². The fraction of sp³-hybridized carbons (Fsp3) is 0.133. The lowest BCUT2D eigenvalue weighted by Crippen LogP contribution is -2.21. The summed E-state index contributed by atoms with van der Waals surface area (Å²) in [4.78, 5) is 34.2. The fourth-order valence-electron chi connectivity index (χ4n) is 1.45. The summed E-state index contributed by atoms with van der Waals surface area (Å²) in [6.45, 7) is 0.0318. The number of aliphatic carboxylic acids is 1. The van der Waals surface area contributed by atoms with E-state index in [4.69, 9.17) is 14.6 Å². The highest BCUT2D eigenvalue weighted by atomic mass is 19.4. The number of pyridine rings is 1. The van der Waals surface area contributed by atoms with Gasteiger partial charge in [0.05, 0.1) is 16.8 Å². The van der Waals surface area contributed by atoms with E-state index in [1.165, 1.54) is 30.5 Å². The normalized spacial score (nSPS) is 10.2. The van der Waals surface area contributed by atoms with Gasteiger partial charge in [0.2, 0.25) is 0 Å². The Hall–Kier alpha value is -3.70. The van der Waals surface area contributed by atoms with E-state index in [2.05, 4.69) is 10.3 Å². The van der Waals surface area contributed by atoms with Crippen molar-refractivity contribution in [3.8, 4) is 0 Å². The largest absolute Gasteiger partial charge is 0.490 e. The van der Waals surface area contributed by atoms with E-state index in [0.717, 1.165) is 0 Å². The number of benzene rings is 1. The Balaban J connectivity index is 0.000000445. The molecule has 27 heavy (non-hydrogen) atoms. The maximum Gasteiger partial charge on any atom is 0.490 e. The minimum atomic E-state index is -5.08. The molecule has 0 unspecified atom stereocenters.